The minimum absolute atomic E-state index is 0.114. The summed E-state index contributed by atoms with van der Waals surface area (Å²) < 4.78 is 5.38. The topological polar surface area (TPSA) is 9.23 Å². The third-order valence-electron chi connectivity index (χ3n) is 2.86. The van der Waals surface area contributed by atoms with Gasteiger partial charge in [-0.05, 0) is 12.8 Å². The van der Waals surface area contributed by atoms with Gasteiger partial charge in [-0.2, -0.15) is 0 Å². The second-order valence-electron chi connectivity index (χ2n) is 4.41. The molecule has 4 heteroatoms. The number of hydrogen-bond donors (Lipinski definition) is 0. The maximum Gasteiger partial charge on any atom is 0.206 e. The van der Waals surface area contributed by atoms with Crippen LogP contribution in [-0.2, 0) is 4.74 Å². The Morgan fingerprint density at radius 2 is 1.47 bits per heavy atom. The number of ether oxygens (including phenoxy) is 1. The maximum atomic E-state index is 5.71. The van der Waals surface area contributed by atoms with Crippen LogP contribution in [-0.4, -0.2) is 17.0 Å². The summed E-state index contributed by atoms with van der Waals surface area (Å²) in [5.74, 6) is 0.599. The molecule has 0 aliphatic rings. The zero-order valence-corrected chi connectivity index (χ0v) is 13.0. The van der Waals surface area contributed by atoms with Crippen LogP contribution in [0.15, 0.2) is 0 Å². The van der Waals surface area contributed by atoms with Gasteiger partial charge < -0.3 is 4.74 Å². The predicted molar refractivity (Wildman–Crippen MR) is 78.3 cm³/mol. The lowest BCUT2D eigenvalue weighted by atomic mass is 10.1. The first-order chi connectivity index (χ1) is 8.20. The standard InChI is InChI=1S/C13H25Cl3O/c1-2-3-4-5-6-7-8-9-12(10-11-14)17-13(15)16/h12-13H,2-11H2,1H3. The summed E-state index contributed by atoms with van der Waals surface area (Å²) in [6, 6.07) is 0. The van der Waals surface area contributed by atoms with Crippen LogP contribution in [0.25, 0.3) is 0 Å². The fourth-order valence-corrected chi connectivity index (χ4v) is 2.41. The van der Waals surface area contributed by atoms with E-state index < -0.39 is 5.02 Å². The summed E-state index contributed by atoms with van der Waals surface area (Å²) in [5, 5.41) is -0.729. The van der Waals surface area contributed by atoms with Crippen LogP contribution in [0.2, 0.25) is 0 Å². The lowest BCUT2D eigenvalue weighted by Gasteiger charge is -2.17. The van der Waals surface area contributed by atoms with Crippen LogP contribution in [0.1, 0.15) is 64.7 Å². The highest BCUT2D eigenvalue weighted by molar-refractivity contribution is 6.43. The quantitative estimate of drug-likeness (QED) is 0.322. The molecule has 0 aliphatic carbocycles. The molecule has 0 saturated heterocycles. The summed E-state index contributed by atoms with van der Waals surface area (Å²) in [6.07, 6.45) is 11.1. The molecule has 1 unspecified atom stereocenters. The number of rotatable bonds is 12. The van der Waals surface area contributed by atoms with E-state index in [1.807, 2.05) is 0 Å². The molecule has 0 rings (SSSR count). The molecule has 0 amide bonds. The lowest BCUT2D eigenvalue weighted by Crippen LogP contribution is -2.16. The first kappa shape index (κ1) is 17.8. The van der Waals surface area contributed by atoms with Gasteiger partial charge in [-0.1, -0.05) is 75.1 Å². The van der Waals surface area contributed by atoms with Crippen LogP contribution < -0.4 is 0 Å². The Bertz CT molecular complexity index is 154. The highest BCUT2D eigenvalue weighted by atomic mass is 35.5. The van der Waals surface area contributed by atoms with Crippen LogP contribution in [0.4, 0.5) is 0 Å². The van der Waals surface area contributed by atoms with Gasteiger partial charge in [-0.3, -0.25) is 0 Å². The SMILES string of the molecule is CCCCCCCCCC(CCCl)OC(Cl)Cl. The molecule has 1 nitrogen and oxygen atoms in total. The molecule has 0 saturated carbocycles. The second kappa shape index (κ2) is 13.3. The molecule has 104 valence electrons. The zero-order valence-electron chi connectivity index (χ0n) is 10.8. The number of hydrogen-bond acceptors (Lipinski definition) is 1. The van der Waals surface area contributed by atoms with E-state index >= 15 is 0 Å². The van der Waals surface area contributed by atoms with Crippen LogP contribution in [0, 0.1) is 0 Å². The molecule has 17 heavy (non-hydrogen) atoms. The summed E-state index contributed by atoms with van der Waals surface area (Å²) >= 11 is 16.9. The molecular formula is C13H25Cl3O. The smallest absolute Gasteiger partial charge is 0.206 e. The third kappa shape index (κ3) is 13.1. The van der Waals surface area contributed by atoms with Crippen molar-refractivity contribution in [3.8, 4) is 0 Å². The Kier molecular flexibility index (Phi) is 13.9. The molecular weight excluding hydrogens is 279 g/mol. The van der Waals surface area contributed by atoms with Crippen LogP contribution in [0.3, 0.4) is 0 Å². The molecule has 0 fully saturated rings. The minimum Gasteiger partial charge on any atom is -0.346 e. The first-order valence-electron chi connectivity index (χ1n) is 6.70. The Balaban J connectivity index is 3.40. The lowest BCUT2D eigenvalue weighted by molar-refractivity contribution is 0.0572. The van der Waals surface area contributed by atoms with Crippen molar-refractivity contribution in [2.45, 2.75) is 75.8 Å². The van der Waals surface area contributed by atoms with E-state index in [4.69, 9.17) is 39.5 Å². The van der Waals surface area contributed by atoms with Crippen LogP contribution >= 0.6 is 34.8 Å². The first-order valence-corrected chi connectivity index (χ1v) is 8.11. The summed E-state index contributed by atoms with van der Waals surface area (Å²) in [4.78, 5) is 0. The van der Waals surface area contributed by atoms with Gasteiger partial charge in [0.2, 0.25) is 5.02 Å². The number of unbranched alkanes of at least 4 members (excludes halogenated alkanes) is 6. The van der Waals surface area contributed by atoms with Crippen molar-refractivity contribution in [3.63, 3.8) is 0 Å². The number of alkyl halides is 3. The average Bonchev–Trinajstić information content (AvgIpc) is 2.27. The van der Waals surface area contributed by atoms with Crippen molar-refractivity contribution >= 4 is 34.8 Å². The van der Waals surface area contributed by atoms with Gasteiger partial charge in [0.1, 0.15) is 0 Å². The molecule has 0 heterocycles. The van der Waals surface area contributed by atoms with Gasteiger partial charge in [0.05, 0.1) is 6.10 Å². The zero-order chi connectivity index (χ0) is 12.9. The normalized spacial score (nSPS) is 13.2. The van der Waals surface area contributed by atoms with E-state index in [9.17, 15) is 0 Å². The van der Waals surface area contributed by atoms with Gasteiger partial charge >= 0.3 is 0 Å². The Hall–Kier alpha value is 0.830. The van der Waals surface area contributed by atoms with Gasteiger partial charge in [0.15, 0.2) is 0 Å². The molecule has 0 aromatic carbocycles. The fourth-order valence-electron chi connectivity index (χ4n) is 1.88. The molecule has 0 aromatic heterocycles. The largest absolute Gasteiger partial charge is 0.346 e. The molecule has 0 bridgehead atoms. The predicted octanol–water partition coefficient (Wildman–Crippen LogP) is 5.90. The number of halogens is 3. The van der Waals surface area contributed by atoms with E-state index in [2.05, 4.69) is 6.92 Å². The Labute approximate surface area is 121 Å². The van der Waals surface area contributed by atoms with Crippen molar-refractivity contribution in [3.05, 3.63) is 0 Å². The highest BCUT2D eigenvalue weighted by Crippen LogP contribution is 2.17. The molecule has 0 aliphatic heterocycles. The minimum atomic E-state index is -0.729. The monoisotopic (exact) mass is 302 g/mol. The van der Waals surface area contributed by atoms with Crippen molar-refractivity contribution < 1.29 is 4.74 Å². The summed E-state index contributed by atoms with van der Waals surface area (Å²) in [6.45, 7) is 2.24. The van der Waals surface area contributed by atoms with Crippen molar-refractivity contribution in [1.82, 2.24) is 0 Å². The maximum absolute atomic E-state index is 5.71. The van der Waals surface area contributed by atoms with Crippen molar-refractivity contribution in [2.75, 3.05) is 5.88 Å². The summed E-state index contributed by atoms with van der Waals surface area (Å²) in [7, 11) is 0. The van der Waals surface area contributed by atoms with E-state index in [1.165, 1.54) is 44.9 Å². The van der Waals surface area contributed by atoms with E-state index in [0.29, 0.717) is 5.88 Å². The van der Waals surface area contributed by atoms with E-state index in [1.54, 1.807) is 0 Å². The summed E-state index contributed by atoms with van der Waals surface area (Å²) in [5.41, 5.74) is 0. The van der Waals surface area contributed by atoms with Crippen LogP contribution in [0.5, 0.6) is 0 Å². The Morgan fingerprint density at radius 3 is 2.00 bits per heavy atom. The molecule has 0 spiro atoms. The molecule has 1 atom stereocenters. The second-order valence-corrected chi connectivity index (χ2v) is 5.80. The Morgan fingerprint density at radius 1 is 0.882 bits per heavy atom. The van der Waals surface area contributed by atoms with Gasteiger partial charge in [0.25, 0.3) is 0 Å². The van der Waals surface area contributed by atoms with Gasteiger partial charge in [-0.15, -0.1) is 11.6 Å². The van der Waals surface area contributed by atoms with E-state index in [0.717, 1.165) is 12.8 Å². The van der Waals surface area contributed by atoms with Gasteiger partial charge in [-0.25, -0.2) is 0 Å². The highest BCUT2D eigenvalue weighted by Gasteiger charge is 2.11. The third-order valence-corrected chi connectivity index (χ3v) is 3.28. The van der Waals surface area contributed by atoms with Gasteiger partial charge in [0, 0.05) is 5.88 Å². The van der Waals surface area contributed by atoms with E-state index in [-0.39, 0.29) is 6.10 Å². The molecule has 0 aromatic rings. The fraction of sp³-hybridized carbons (Fsp3) is 1.00. The van der Waals surface area contributed by atoms with Crippen molar-refractivity contribution in [2.24, 2.45) is 0 Å². The average molecular weight is 304 g/mol. The molecule has 0 radical (unpaired) electrons. The van der Waals surface area contributed by atoms with Crippen molar-refractivity contribution in [1.29, 1.82) is 0 Å². The molecule has 0 N–H and O–H groups in total.